The van der Waals surface area contributed by atoms with E-state index in [4.69, 9.17) is 4.74 Å². The molecule has 1 rings (SSSR count). The van der Waals surface area contributed by atoms with Crippen molar-refractivity contribution in [3.8, 4) is 5.75 Å². The van der Waals surface area contributed by atoms with E-state index >= 15 is 0 Å². The van der Waals surface area contributed by atoms with Crippen LogP contribution in [0.15, 0.2) is 12.4 Å². The zero-order valence-corrected chi connectivity index (χ0v) is 12.1. The first-order chi connectivity index (χ1) is 8.69. The summed E-state index contributed by atoms with van der Waals surface area (Å²) in [4.78, 5) is 0. The summed E-state index contributed by atoms with van der Waals surface area (Å²) < 4.78 is 7.76. The van der Waals surface area contributed by atoms with Gasteiger partial charge < -0.3 is 10.1 Å². The van der Waals surface area contributed by atoms with Gasteiger partial charge >= 0.3 is 0 Å². The lowest BCUT2D eigenvalue weighted by Crippen LogP contribution is -2.35. The Hall–Kier alpha value is -1.03. The quantitative estimate of drug-likeness (QED) is 0.735. The minimum absolute atomic E-state index is 0.171. The zero-order valence-electron chi connectivity index (χ0n) is 12.1. The normalized spacial score (nSPS) is 12.9. The minimum atomic E-state index is 0.171. The van der Waals surface area contributed by atoms with Crippen LogP contribution in [0.2, 0.25) is 0 Å². The van der Waals surface area contributed by atoms with E-state index in [0.29, 0.717) is 6.04 Å². The molecule has 0 aliphatic rings. The highest BCUT2D eigenvalue weighted by molar-refractivity contribution is 5.12. The predicted molar refractivity (Wildman–Crippen MR) is 75.0 cm³/mol. The molecule has 4 heteroatoms. The number of aryl methyl sites for hydroxylation is 1. The van der Waals surface area contributed by atoms with Crippen molar-refractivity contribution in [2.75, 3.05) is 6.54 Å². The van der Waals surface area contributed by atoms with E-state index in [9.17, 15) is 0 Å². The summed E-state index contributed by atoms with van der Waals surface area (Å²) >= 11 is 0. The Kier molecular flexibility index (Phi) is 6.80. The highest BCUT2D eigenvalue weighted by Gasteiger charge is 2.08. The molecule has 0 aliphatic carbocycles. The van der Waals surface area contributed by atoms with Crippen LogP contribution in [0.3, 0.4) is 0 Å². The molecule has 1 aromatic heterocycles. The molecule has 0 aliphatic heterocycles. The third-order valence-corrected chi connectivity index (χ3v) is 3.08. The topological polar surface area (TPSA) is 39.1 Å². The van der Waals surface area contributed by atoms with Crippen LogP contribution in [0.25, 0.3) is 0 Å². The molecule has 18 heavy (non-hydrogen) atoms. The van der Waals surface area contributed by atoms with E-state index in [0.717, 1.165) is 38.1 Å². The van der Waals surface area contributed by atoms with Gasteiger partial charge in [0.1, 0.15) is 6.10 Å². The lowest BCUT2D eigenvalue weighted by atomic mass is 10.1. The molecule has 0 saturated heterocycles. The van der Waals surface area contributed by atoms with Gasteiger partial charge in [-0.05, 0) is 26.2 Å². The lowest BCUT2D eigenvalue weighted by molar-refractivity contribution is 0.210. The Labute approximate surface area is 111 Å². The largest absolute Gasteiger partial charge is 0.486 e. The number of hydrogen-bond donors (Lipinski definition) is 1. The average Bonchev–Trinajstić information content (AvgIpc) is 2.78. The van der Waals surface area contributed by atoms with Crippen LogP contribution in [0, 0.1) is 0 Å². The van der Waals surface area contributed by atoms with Gasteiger partial charge in [-0.25, -0.2) is 0 Å². The molecule has 0 saturated carbocycles. The van der Waals surface area contributed by atoms with Gasteiger partial charge in [-0.3, -0.25) is 4.68 Å². The van der Waals surface area contributed by atoms with Gasteiger partial charge in [0.15, 0.2) is 5.75 Å². The molecule has 1 aromatic rings. The molecule has 1 unspecified atom stereocenters. The SMILES string of the molecule is CCCn1cc(OC(C)CNC(CC)CC)cn1. The smallest absolute Gasteiger partial charge is 0.157 e. The predicted octanol–water partition coefficient (Wildman–Crippen LogP) is 2.84. The van der Waals surface area contributed by atoms with E-state index in [1.165, 1.54) is 0 Å². The van der Waals surface area contributed by atoms with Gasteiger partial charge in [-0.2, -0.15) is 5.10 Å². The first-order valence-electron chi connectivity index (χ1n) is 7.12. The highest BCUT2D eigenvalue weighted by atomic mass is 16.5. The second kappa shape index (κ2) is 8.14. The van der Waals surface area contributed by atoms with Gasteiger partial charge in [-0.1, -0.05) is 20.8 Å². The van der Waals surface area contributed by atoms with Gasteiger partial charge in [0.2, 0.25) is 0 Å². The summed E-state index contributed by atoms with van der Waals surface area (Å²) in [6.07, 6.45) is 7.35. The van der Waals surface area contributed by atoms with Crippen molar-refractivity contribution in [3.63, 3.8) is 0 Å². The third kappa shape index (κ3) is 5.08. The second-order valence-electron chi connectivity index (χ2n) is 4.79. The average molecular weight is 253 g/mol. The second-order valence-corrected chi connectivity index (χ2v) is 4.79. The van der Waals surface area contributed by atoms with Crippen LogP contribution < -0.4 is 10.1 Å². The molecule has 0 aromatic carbocycles. The van der Waals surface area contributed by atoms with E-state index in [1.807, 2.05) is 10.9 Å². The molecule has 1 atom stereocenters. The first kappa shape index (κ1) is 15.0. The molecular weight excluding hydrogens is 226 g/mol. The number of nitrogens with zero attached hydrogens (tertiary/aromatic N) is 2. The standard InChI is InChI=1S/C14H27N3O/c1-5-8-17-11-14(10-16-17)18-12(4)9-15-13(6-2)7-3/h10-13,15H,5-9H2,1-4H3. The van der Waals surface area contributed by atoms with Crippen molar-refractivity contribution in [1.82, 2.24) is 15.1 Å². The fraction of sp³-hybridized carbons (Fsp3) is 0.786. The number of hydrogen-bond acceptors (Lipinski definition) is 3. The monoisotopic (exact) mass is 253 g/mol. The third-order valence-electron chi connectivity index (χ3n) is 3.08. The number of rotatable bonds is 9. The van der Waals surface area contributed by atoms with Crippen LogP contribution in [0.5, 0.6) is 5.75 Å². The van der Waals surface area contributed by atoms with Crippen molar-refractivity contribution in [2.24, 2.45) is 0 Å². The van der Waals surface area contributed by atoms with Crippen LogP contribution >= 0.6 is 0 Å². The maximum Gasteiger partial charge on any atom is 0.157 e. The van der Waals surface area contributed by atoms with Crippen molar-refractivity contribution in [3.05, 3.63) is 12.4 Å². The molecule has 4 nitrogen and oxygen atoms in total. The van der Waals surface area contributed by atoms with Crippen LogP contribution in [0.4, 0.5) is 0 Å². The Balaban J connectivity index is 2.32. The fourth-order valence-electron chi connectivity index (χ4n) is 1.94. The first-order valence-corrected chi connectivity index (χ1v) is 7.12. The van der Waals surface area contributed by atoms with Gasteiger partial charge in [0, 0.05) is 19.1 Å². The molecule has 1 N–H and O–H groups in total. The maximum absolute atomic E-state index is 5.83. The Morgan fingerprint density at radius 1 is 1.33 bits per heavy atom. The molecule has 1 heterocycles. The summed E-state index contributed by atoms with van der Waals surface area (Å²) in [7, 11) is 0. The maximum atomic E-state index is 5.83. The molecule has 0 fully saturated rings. The Morgan fingerprint density at radius 2 is 2.06 bits per heavy atom. The minimum Gasteiger partial charge on any atom is -0.486 e. The van der Waals surface area contributed by atoms with E-state index in [1.54, 1.807) is 6.20 Å². The molecule has 0 bridgehead atoms. The molecule has 0 radical (unpaired) electrons. The van der Waals surface area contributed by atoms with Crippen molar-refractivity contribution in [1.29, 1.82) is 0 Å². The molecular formula is C14H27N3O. The molecule has 0 spiro atoms. The summed E-state index contributed by atoms with van der Waals surface area (Å²) in [5.41, 5.74) is 0. The van der Waals surface area contributed by atoms with Crippen molar-refractivity contribution in [2.45, 2.75) is 65.6 Å². The molecule has 104 valence electrons. The van der Waals surface area contributed by atoms with Gasteiger partial charge in [-0.15, -0.1) is 0 Å². The lowest BCUT2D eigenvalue weighted by Gasteiger charge is -2.19. The Morgan fingerprint density at radius 3 is 2.67 bits per heavy atom. The Bertz CT molecular complexity index is 321. The van der Waals surface area contributed by atoms with E-state index < -0.39 is 0 Å². The van der Waals surface area contributed by atoms with E-state index in [2.05, 4.69) is 38.1 Å². The van der Waals surface area contributed by atoms with Crippen molar-refractivity contribution >= 4 is 0 Å². The van der Waals surface area contributed by atoms with E-state index in [-0.39, 0.29) is 6.10 Å². The highest BCUT2D eigenvalue weighted by Crippen LogP contribution is 2.11. The van der Waals surface area contributed by atoms with Gasteiger partial charge in [0.25, 0.3) is 0 Å². The summed E-state index contributed by atoms with van der Waals surface area (Å²) in [5, 5.41) is 7.78. The number of aromatic nitrogens is 2. The van der Waals surface area contributed by atoms with Crippen LogP contribution in [-0.4, -0.2) is 28.5 Å². The summed E-state index contributed by atoms with van der Waals surface area (Å²) in [5.74, 6) is 0.863. The van der Waals surface area contributed by atoms with Crippen LogP contribution in [0.1, 0.15) is 47.0 Å². The zero-order chi connectivity index (χ0) is 13.4. The number of nitrogens with one attached hydrogen (secondary N) is 1. The number of ether oxygens (including phenoxy) is 1. The molecule has 0 amide bonds. The fourth-order valence-corrected chi connectivity index (χ4v) is 1.94. The summed E-state index contributed by atoms with van der Waals surface area (Å²) in [6.45, 7) is 10.5. The summed E-state index contributed by atoms with van der Waals surface area (Å²) in [6, 6.07) is 0.596. The van der Waals surface area contributed by atoms with Crippen molar-refractivity contribution < 1.29 is 4.74 Å². The van der Waals surface area contributed by atoms with Gasteiger partial charge in [0.05, 0.1) is 12.4 Å². The van der Waals surface area contributed by atoms with Crippen LogP contribution in [-0.2, 0) is 6.54 Å².